The molecule has 2 saturated heterocycles. The molecule has 1 amide bonds. The lowest BCUT2D eigenvalue weighted by Gasteiger charge is -2.42. The first-order valence-corrected chi connectivity index (χ1v) is 12.1. The van der Waals surface area contributed by atoms with Gasteiger partial charge in [-0.25, -0.2) is 0 Å². The van der Waals surface area contributed by atoms with Crippen molar-refractivity contribution >= 4 is 16.1 Å². The van der Waals surface area contributed by atoms with E-state index in [1.807, 2.05) is 13.8 Å². The molecule has 3 fully saturated rings. The highest BCUT2D eigenvalue weighted by atomic mass is 32.2. The Morgan fingerprint density at radius 3 is 2.79 bits per heavy atom. The molecular formula is C19H31N5O4S. The monoisotopic (exact) mass is 425 g/mol. The maximum Gasteiger partial charge on any atom is 0.282 e. The maximum atomic E-state index is 13.3. The van der Waals surface area contributed by atoms with Crippen LogP contribution >= 0.6 is 0 Å². The highest BCUT2D eigenvalue weighted by molar-refractivity contribution is 7.86. The number of piperidine rings is 1. The second kappa shape index (κ2) is 8.33. The molecular weight excluding hydrogens is 394 g/mol. The summed E-state index contributed by atoms with van der Waals surface area (Å²) in [4.78, 5) is 12.5. The van der Waals surface area contributed by atoms with Crippen LogP contribution < -0.4 is 10.6 Å². The van der Waals surface area contributed by atoms with Crippen LogP contribution in [0.1, 0.15) is 68.1 Å². The molecule has 1 aliphatic carbocycles. The van der Waals surface area contributed by atoms with Crippen molar-refractivity contribution in [2.45, 2.75) is 70.0 Å². The molecule has 0 aromatic carbocycles. The minimum atomic E-state index is -3.51. The summed E-state index contributed by atoms with van der Waals surface area (Å²) < 4.78 is 35.0. The Morgan fingerprint density at radius 1 is 1.31 bits per heavy atom. The molecule has 2 aliphatic heterocycles. The first kappa shape index (κ1) is 20.8. The summed E-state index contributed by atoms with van der Waals surface area (Å²) >= 11 is 0. The Kier molecular flexibility index (Phi) is 5.97. The molecule has 4 rings (SSSR count). The fraction of sp³-hybridized carbons (Fsp3) is 0.789. The zero-order valence-electron chi connectivity index (χ0n) is 17.1. The fourth-order valence-corrected chi connectivity index (χ4v) is 6.44. The first-order valence-electron chi connectivity index (χ1n) is 10.7. The van der Waals surface area contributed by atoms with E-state index in [1.165, 1.54) is 0 Å². The van der Waals surface area contributed by atoms with Crippen LogP contribution in [0, 0.1) is 0 Å². The highest BCUT2D eigenvalue weighted by Crippen LogP contribution is 2.40. The summed E-state index contributed by atoms with van der Waals surface area (Å²) in [5.41, 5.74) is 0.307. The Balaban J connectivity index is 1.36. The van der Waals surface area contributed by atoms with Crippen LogP contribution in [-0.2, 0) is 10.2 Å². The predicted octanol–water partition coefficient (Wildman–Crippen LogP) is 1.06. The topological polar surface area (TPSA) is 108 Å². The smallest absolute Gasteiger partial charge is 0.282 e. The van der Waals surface area contributed by atoms with Gasteiger partial charge in [-0.05, 0) is 39.0 Å². The summed E-state index contributed by atoms with van der Waals surface area (Å²) in [5.74, 6) is 0.947. The van der Waals surface area contributed by atoms with Gasteiger partial charge in [-0.3, -0.25) is 4.79 Å². The van der Waals surface area contributed by atoms with Gasteiger partial charge >= 0.3 is 0 Å². The lowest BCUT2D eigenvalue weighted by molar-refractivity contribution is 0.0902. The fourth-order valence-electron chi connectivity index (χ4n) is 4.37. The number of piperazine rings is 1. The minimum absolute atomic E-state index is 0.00814. The van der Waals surface area contributed by atoms with Crippen LogP contribution in [0.15, 0.2) is 10.6 Å². The summed E-state index contributed by atoms with van der Waals surface area (Å²) in [6.07, 6.45) is 4.14. The van der Waals surface area contributed by atoms with Gasteiger partial charge in [0, 0.05) is 56.3 Å². The van der Waals surface area contributed by atoms with Crippen molar-refractivity contribution in [1.82, 2.24) is 24.4 Å². The van der Waals surface area contributed by atoms with Gasteiger partial charge in [0.2, 0.25) is 0 Å². The molecule has 1 aromatic rings. The summed E-state index contributed by atoms with van der Waals surface area (Å²) in [7, 11) is -3.51. The number of hydrogen-bond acceptors (Lipinski definition) is 6. The van der Waals surface area contributed by atoms with Gasteiger partial charge in [0.1, 0.15) is 5.76 Å². The van der Waals surface area contributed by atoms with Gasteiger partial charge in [0.05, 0.1) is 0 Å². The second-order valence-corrected chi connectivity index (χ2v) is 10.3. The molecule has 9 nitrogen and oxygen atoms in total. The molecule has 162 valence electrons. The molecule has 1 aromatic heterocycles. The van der Waals surface area contributed by atoms with E-state index < -0.39 is 10.2 Å². The van der Waals surface area contributed by atoms with Crippen molar-refractivity contribution in [3.05, 3.63) is 17.5 Å². The molecule has 3 aliphatic rings. The molecule has 0 radical (unpaired) electrons. The van der Waals surface area contributed by atoms with Crippen molar-refractivity contribution in [2.75, 3.05) is 26.2 Å². The van der Waals surface area contributed by atoms with Crippen molar-refractivity contribution < 1.29 is 17.7 Å². The van der Waals surface area contributed by atoms with Crippen molar-refractivity contribution in [3.8, 4) is 0 Å². The number of aromatic nitrogens is 1. The summed E-state index contributed by atoms with van der Waals surface area (Å²) in [5, 5.41) is 10.2. The van der Waals surface area contributed by atoms with Gasteiger partial charge in [-0.15, -0.1) is 0 Å². The Labute approximate surface area is 172 Å². The molecule has 3 atom stereocenters. The Bertz CT molecular complexity index is 837. The molecule has 1 saturated carbocycles. The number of carbonyl (C=O) groups excluding carboxylic acids is 1. The number of nitrogens with zero attached hydrogens (tertiary/aromatic N) is 3. The zero-order chi connectivity index (χ0) is 20.6. The summed E-state index contributed by atoms with van der Waals surface area (Å²) in [6.45, 7) is 6.21. The third-order valence-electron chi connectivity index (χ3n) is 6.25. The van der Waals surface area contributed by atoms with Crippen LogP contribution in [0.5, 0.6) is 0 Å². The molecule has 0 spiro atoms. The number of carbonyl (C=O) groups is 1. The predicted molar refractivity (Wildman–Crippen MR) is 108 cm³/mol. The van der Waals surface area contributed by atoms with Gasteiger partial charge in [-0.2, -0.15) is 17.0 Å². The normalized spacial score (nSPS) is 29.7. The van der Waals surface area contributed by atoms with E-state index in [-0.39, 0.29) is 24.0 Å². The van der Waals surface area contributed by atoms with E-state index in [1.54, 1.807) is 14.7 Å². The lowest BCUT2D eigenvalue weighted by Crippen LogP contribution is -2.60. The number of amides is 1. The minimum Gasteiger partial charge on any atom is -0.360 e. The first-order chi connectivity index (χ1) is 13.9. The van der Waals surface area contributed by atoms with Crippen LogP contribution in [0.3, 0.4) is 0 Å². The quantitative estimate of drug-likeness (QED) is 0.706. The van der Waals surface area contributed by atoms with Gasteiger partial charge < -0.3 is 15.2 Å². The van der Waals surface area contributed by atoms with E-state index in [0.717, 1.165) is 25.0 Å². The van der Waals surface area contributed by atoms with Gasteiger partial charge in [0.25, 0.3) is 16.1 Å². The van der Waals surface area contributed by atoms with Crippen LogP contribution in [0.2, 0.25) is 0 Å². The van der Waals surface area contributed by atoms with Crippen LogP contribution in [0.4, 0.5) is 0 Å². The zero-order valence-corrected chi connectivity index (χ0v) is 18.0. The standard InChI is InChI=1S/C19H31N5O4S/c1-3-16-12-20-7-9-24(16)29(26,27)23-8-6-15(10-13(23)2)21-19(25)17-11-18(28-22-17)14-4-5-14/h11,13-16,20H,3-10,12H2,1-2H3,(H,21,25)/t13-,15-,16-/m0/s1. The Morgan fingerprint density at radius 2 is 2.10 bits per heavy atom. The van der Waals surface area contributed by atoms with E-state index in [9.17, 15) is 13.2 Å². The van der Waals surface area contributed by atoms with Crippen LogP contribution in [0.25, 0.3) is 0 Å². The number of hydrogen-bond donors (Lipinski definition) is 2. The van der Waals surface area contributed by atoms with Gasteiger partial charge in [-0.1, -0.05) is 12.1 Å². The summed E-state index contributed by atoms with van der Waals surface area (Å²) in [6, 6.07) is 1.47. The molecule has 29 heavy (non-hydrogen) atoms. The highest BCUT2D eigenvalue weighted by Gasteiger charge is 2.40. The van der Waals surface area contributed by atoms with Crippen molar-refractivity contribution in [1.29, 1.82) is 0 Å². The van der Waals surface area contributed by atoms with Crippen molar-refractivity contribution in [3.63, 3.8) is 0 Å². The average Bonchev–Trinajstić information content (AvgIpc) is 3.44. The molecule has 3 heterocycles. The van der Waals surface area contributed by atoms with Gasteiger partial charge in [0.15, 0.2) is 5.69 Å². The van der Waals surface area contributed by atoms with E-state index in [0.29, 0.717) is 50.6 Å². The molecule has 0 bridgehead atoms. The third kappa shape index (κ3) is 4.35. The average molecular weight is 426 g/mol. The largest absolute Gasteiger partial charge is 0.360 e. The SMILES string of the molecule is CC[C@H]1CNCCN1S(=O)(=O)N1CC[C@H](NC(=O)c2cc(C3CC3)on2)C[C@@H]1C. The number of nitrogens with one attached hydrogen (secondary N) is 2. The van der Waals surface area contributed by atoms with E-state index >= 15 is 0 Å². The maximum absolute atomic E-state index is 13.3. The second-order valence-electron chi connectivity index (χ2n) is 8.43. The Hall–Kier alpha value is -1.49. The molecule has 2 N–H and O–H groups in total. The molecule has 10 heteroatoms. The van der Waals surface area contributed by atoms with Crippen molar-refractivity contribution in [2.24, 2.45) is 0 Å². The lowest BCUT2D eigenvalue weighted by atomic mass is 10.0. The third-order valence-corrected chi connectivity index (χ3v) is 8.46. The molecule has 0 unspecified atom stereocenters. The van der Waals surface area contributed by atoms with E-state index in [4.69, 9.17) is 4.52 Å². The van der Waals surface area contributed by atoms with E-state index in [2.05, 4.69) is 15.8 Å². The van der Waals surface area contributed by atoms with Crippen LogP contribution in [-0.4, -0.2) is 72.4 Å². The number of rotatable bonds is 6.